The Kier molecular flexibility index (Phi) is 7.19. The lowest BCUT2D eigenvalue weighted by Gasteiger charge is -2.10. The highest BCUT2D eigenvalue weighted by atomic mass is 32.1. The van der Waals surface area contributed by atoms with Crippen molar-refractivity contribution in [1.29, 1.82) is 0 Å². The molecule has 1 heterocycles. The van der Waals surface area contributed by atoms with E-state index in [-0.39, 0.29) is 18.4 Å². The number of nitrogens with zero attached hydrogens (tertiary/aromatic N) is 1. The summed E-state index contributed by atoms with van der Waals surface area (Å²) in [4.78, 5) is 29.3. The molecular formula is C26H23N3O4S. The molecule has 4 rings (SSSR count). The number of methoxy groups -OCH3 is 1. The van der Waals surface area contributed by atoms with E-state index in [1.54, 1.807) is 67.0 Å². The van der Waals surface area contributed by atoms with Gasteiger partial charge in [-0.2, -0.15) is 0 Å². The molecule has 0 atom stereocenters. The number of thiazole rings is 1. The second-order valence-electron chi connectivity index (χ2n) is 7.38. The third-order valence-electron chi connectivity index (χ3n) is 4.88. The molecule has 34 heavy (non-hydrogen) atoms. The van der Waals surface area contributed by atoms with Crippen LogP contribution in [0.2, 0.25) is 0 Å². The molecule has 4 aromatic rings. The smallest absolute Gasteiger partial charge is 0.262 e. The predicted octanol–water partition coefficient (Wildman–Crippen LogP) is 5.40. The Morgan fingerprint density at radius 1 is 0.912 bits per heavy atom. The van der Waals surface area contributed by atoms with Gasteiger partial charge in [0.15, 0.2) is 6.61 Å². The largest absolute Gasteiger partial charge is 0.497 e. The van der Waals surface area contributed by atoms with Gasteiger partial charge in [0.1, 0.15) is 11.5 Å². The van der Waals surface area contributed by atoms with Gasteiger partial charge < -0.3 is 20.1 Å². The first-order valence-corrected chi connectivity index (χ1v) is 11.4. The number of benzene rings is 3. The molecule has 0 fully saturated rings. The Morgan fingerprint density at radius 3 is 2.35 bits per heavy atom. The minimum atomic E-state index is -0.301. The number of carbonyl (C=O) groups excluding carboxylic acids is 2. The quantitative estimate of drug-likeness (QED) is 0.358. The number of rotatable bonds is 8. The summed E-state index contributed by atoms with van der Waals surface area (Å²) in [5, 5.41) is 8.63. The Morgan fingerprint density at radius 2 is 1.65 bits per heavy atom. The summed E-state index contributed by atoms with van der Waals surface area (Å²) >= 11 is 1.58. The molecule has 2 N–H and O–H groups in total. The van der Waals surface area contributed by atoms with Gasteiger partial charge in [-0.05, 0) is 55.5 Å². The van der Waals surface area contributed by atoms with Crippen molar-refractivity contribution in [2.75, 3.05) is 24.4 Å². The zero-order valence-electron chi connectivity index (χ0n) is 18.7. The van der Waals surface area contributed by atoms with Crippen LogP contribution < -0.4 is 20.1 Å². The Labute approximate surface area is 201 Å². The Bertz CT molecular complexity index is 1300. The molecule has 172 valence electrons. The number of amides is 2. The fourth-order valence-corrected chi connectivity index (χ4v) is 3.83. The van der Waals surface area contributed by atoms with Gasteiger partial charge in [-0.25, -0.2) is 4.98 Å². The van der Waals surface area contributed by atoms with Crippen molar-refractivity contribution in [2.24, 2.45) is 0 Å². The number of ether oxygens (including phenoxy) is 2. The number of aromatic nitrogens is 1. The summed E-state index contributed by atoms with van der Waals surface area (Å²) < 4.78 is 10.7. The average molecular weight is 474 g/mol. The van der Waals surface area contributed by atoms with E-state index in [0.717, 1.165) is 16.3 Å². The molecule has 1 aromatic heterocycles. The van der Waals surface area contributed by atoms with E-state index < -0.39 is 0 Å². The van der Waals surface area contributed by atoms with Crippen LogP contribution >= 0.6 is 11.3 Å². The Hall–Kier alpha value is -4.17. The molecule has 0 radical (unpaired) electrons. The van der Waals surface area contributed by atoms with E-state index in [2.05, 4.69) is 15.6 Å². The molecule has 0 saturated heterocycles. The monoisotopic (exact) mass is 473 g/mol. The molecule has 0 aliphatic heterocycles. The fourth-order valence-electron chi connectivity index (χ4n) is 3.20. The molecule has 0 aliphatic carbocycles. The summed E-state index contributed by atoms with van der Waals surface area (Å²) in [6.07, 6.45) is 0. The maximum Gasteiger partial charge on any atom is 0.262 e. The SMILES string of the molecule is COc1cccc(NC(=O)COc2ccc(C(=O)Nc3cccc(-c4csc(C)n4)c3)cc2)c1. The number of hydrogen-bond donors (Lipinski definition) is 2. The van der Waals surface area contributed by atoms with Gasteiger partial charge in [0.05, 0.1) is 17.8 Å². The second kappa shape index (κ2) is 10.6. The van der Waals surface area contributed by atoms with E-state index in [9.17, 15) is 9.59 Å². The highest BCUT2D eigenvalue weighted by molar-refractivity contribution is 7.09. The first-order chi connectivity index (χ1) is 16.5. The van der Waals surface area contributed by atoms with Gasteiger partial charge in [-0.3, -0.25) is 9.59 Å². The molecule has 0 bridgehead atoms. The average Bonchev–Trinajstić information content (AvgIpc) is 3.29. The topological polar surface area (TPSA) is 89.5 Å². The van der Waals surface area contributed by atoms with Crippen LogP contribution in [0, 0.1) is 6.92 Å². The molecule has 0 spiro atoms. The van der Waals surface area contributed by atoms with Gasteiger partial charge in [-0.15, -0.1) is 11.3 Å². The van der Waals surface area contributed by atoms with Crippen LogP contribution in [0.25, 0.3) is 11.3 Å². The van der Waals surface area contributed by atoms with Crippen molar-refractivity contribution in [1.82, 2.24) is 4.98 Å². The number of carbonyl (C=O) groups is 2. The van der Waals surface area contributed by atoms with Crippen molar-refractivity contribution in [2.45, 2.75) is 6.92 Å². The predicted molar refractivity (Wildman–Crippen MR) is 134 cm³/mol. The summed E-state index contributed by atoms with van der Waals surface area (Å²) in [6, 6.07) is 21.2. The van der Waals surface area contributed by atoms with Gasteiger partial charge in [0.25, 0.3) is 11.8 Å². The molecule has 0 saturated carbocycles. The first-order valence-electron chi connectivity index (χ1n) is 10.5. The molecule has 0 unspecified atom stereocenters. The highest BCUT2D eigenvalue weighted by Crippen LogP contribution is 2.24. The Balaban J connectivity index is 1.31. The minimum absolute atomic E-state index is 0.161. The van der Waals surface area contributed by atoms with E-state index in [1.165, 1.54) is 0 Å². The van der Waals surface area contributed by atoms with Gasteiger partial charge >= 0.3 is 0 Å². The molecule has 7 nitrogen and oxygen atoms in total. The standard InChI is InChI=1S/C26H23N3O4S/c1-17-27-24(16-34-17)19-5-3-6-20(13-19)29-26(31)18-9-11-22(12-10-18)33-15-25(30)28-21-7-4-8-23(14-21)32-2/h3-14,16H,15H2,1-2H3,(H,28,30)(H,29,31). The lowest BCUT2D eigenvalue weighted by molar-refractivity contribution is -0.118. The maximum absolute atomic E-state index is 12.7. The van der Waals surface area contributed by atoms with Crippen LogP contribution in [-0.2, 0) is 4.79 Å². The van der Waals surface area contributed by atoms with Gasteiger partial charge in [0, 0.05) is 33.9 Å². The molecular weight excluding hydrogens is 450 g/mol. The number of anilines is 2. The molecule has 3 aromatic carbocycles. The first kappa shape index (κ1) is 23.0. The van der Waals surface area contributed by atoms with Gasteiger partial charge in [-0.1, -0.05) is 18.2 Å². The van der Waals surface area contributed by atoms with Crippen LogP contribution in [-0.4, -0.2) is 30.5 Å². The van der Waals surface area contributed by atoms with Crippen molar-refractivity contribution >= 4 is 34.5 Å². The molecule has 8 heteroatoms. The van der Waals surface area contributed by atoms with E-state index in [4.69, 9.17) is 9.47 Å². The lowest BCUT2D eigenvalue weighted by atomic mass is 10.1. The van der Waals surface area contributed by atoms with Gasteiger partial charge in [0.2, 0.25) is 0 Å². The summed E-state index contributed by atoms with van der Waals surface area (Å²) in [5.74, 6) is 0.593. The van der Waals surface area contributed by atoms with Crippen LogP contribution in [0.1, 0.15) is 15.4 Å². The number of aryl methyl sites for hydroxylation is 1. The number of hydrogen-bond acceptors (Lipinski definition) is 6. The van der Waals surface area contributed by atoms with E-state index >= 15 is 0 Å². The third kappa shape index (κ3) is 5.99. The summed E-state index contributed by atoms with van der Waals surface area (Å²) in [6.45, 7) is 1.80. The van der Waals surface area contributed by atoms with E-state index in [1.807, 2.05) is 36.6 Å². The summed E-state index contributed by atoms with van der Waals surface area (Å²) in [5.41, 5.74) is 3.60. The molecule has 0 aliphatic rings. The minimum Gasteiger partial charge on any atom is -0.497 e. The summed E-state index contributed by atoms with van der Waals surface area (Å²) in [7, 11) is 1.56. The highest BCUT2D eigenvalue weighted by Gasteiger charge is 2.10. The fraction of sp³-hybridized carbons (Fsp3) is 0.115. The van der Waals surface area contributed by atoms with Crippen molar-refractivity contribution in [3.63, 3.8) is 0 Å². The van der Waals surface area contributed by atoms with Crippen LogP contribution in [0.5, 0.6) is 11.5 Å². The zero-order chi connectivity index (χ0) is 23.9. The maximum atomic E-state index is 12.7. The zero-order valence-corrected chi connectivity index (χ0v) is 19.5. The lowest BCUT2D eigenvalue weighted by Crippen LogP contribution is -2.20. The van der Waals surface area contributed by atoms with Crippen molar-refractivity contribution in [3.8, 4) is 22.8 Å². The van der Waals surface area contributed by atoms with Crippen LogP contribution in [0.4, 0.5) is 11.4 Å². The number of nitrogens with one attached hydrogen (secondary N) is 2. The second-order valence-corrected chi connectivity index (χ2v) is 8.44. The normalized spacial score (nSPS) is 10.4. The van der Waals surface area contributed by atoms with E-state index in [0.29, 0.717) is 28.4 Å². The van der Waals surface area contributed by atoms with Crippen LogP contribution in [0.15, 0.2) is 78.2 Å². The molecule has 2 amide bonds. The van der Waals surface area contributed by atoms with Crippen molar-refractivity contribution < 1.29 is 19.1 Å². The third-order valence-corrected chi connectivity index (χ3v) is 5.65. The van der Waals surface area contributed by atoms with Crippen molar-refractivity contribution in [3.05, 3.63) is 88.7 Å². The van der Waals surface area contributed by atoms with Crippen LogP contribution in [0.3, 0.4) is 0 Å².